The third-order valence-corrected chi connectivity index (χ3v) is 6.68. The molecule has 0 saturated heterocycles. The molecule has 1 aromatic heterocycles. The van der Waals surface area contributed by atoms with Gasteiger partial charge in [0.15, 0.2) is 26.5 Å². The summed E-state index contributed by atoms with van der Waals surface area (Å²) in [5, 5.41) is 6.69. The third kappa shape index (κ3) is 3.01. The summed E-state index contributed by atoms with van der Waals surface area (Å²) < 4.78 is 23.7. The van der Waals surface area contributed by atoms with Gasteiger partial charge in [0.05, 0.1) is 0 Å². The molecule has 0 saturated carbocycles. The molecule has 3 unspecified atom stereocenters. The first-order valence-electron chi connectivity index (χ1n) is 4.59. The Labute approximate surface area is 98.0 Å². The second-order valence-electron chi connectivity index (χ2n) is 3.72. The first-order chi connectivity index (χ1) is 7.58. The minimum absolute atomic E-state index is 0.678. The lowest BCUT2D eigenvalue weighted by Crippen LogP contribution is -2.48. The van der Waals surface area contributed by atoms with E-state index in [1.165, 1.54) is 17.0 Å². The summed E-state index contributed by atoms with van der Waals surface area (Å²) in [6.07, 6.45) is 2.80. The van der Waals surface area contributed by atoms with E-state index in [4.69, 9.17) is 4.89 Å². The smallest absolute Gasteiger partial charge is 0.263 e. The minimum atomic E-state index is -5.40. The minimum Gasteiger partial charge on any atom is -0.776 e. The monoisotopic (exact) mass is 281 g/mol. The Morgan fingerprint density at radius 2 is 1.71 bits per heavy atom. The molecule has 96 valence electrons. The molecular formula is C8H13NO6P2. The van der Waals surface area contributed by atoms with Crippen LogP contribution in [-0.4, -0.2) is 26.6 Å². The molecule has 1 heterocycles. The van der Waals surface area contributed by atoms with Gasteiger partial charge >= 0.3 is 0 Å². The van der Waals surface area contributed by atoms with Gasteiger partial charge in [0, 0.05) is 18.8 Å². The average molecular weight is 281 g/mol. The van der Waals surface area contributed by atoms with Gasteiger partial charge in [-0.1, -0.05) is 6.07 Å². The molecule has 1 aromatic rings. The molecule has 0 aliphatic carbocycles. The van der Waals surface area contributed by atoms with E-state index in [2.05, 4.69) is 0 Å². The van der Waals surface area contributed by atoms with Crippen LogP contribution in [0.15, 0.2) is 30.6 Å². The zero-order valence-electron chi connectivity index (χ0n) is 9.00. The highest BCUT2D eigenvalue weighted by Gasteiger charge is 2.54. The molecule has 3 atom stereocenters. The average Bonchev–Trinajstić information content (AvgIpc) is 2.15. The van der Waals surface area contributed by atoms with Crippen molar-refractivity contribution in [1.29, 1.82) is 0 Å². The van der Waals surface area contributed by atoms with Crippen LogP contribution >= 0.6 is 15.0 Å². The van der Waals surface area contributed by atoms with Crippen LogP contribution in [0.3, 0.4) is 0 Å². The first kappa shape index (κ1) is 14.5. The lowest BCUT2D eigenvalue weighted by Gasteiger charge is -2.35. The number of hydrogen-bond acceptors (Lipinski definition) is 4. The summed E-state index contributed by atoms with van der Waals surface area (Å²) in [7, 11) is -9.87. The number of aliphatic hydroxyl groups is 1. The van der Waals surface area contributed by atoms with E-state index in [9.17, 15) is 24.0 Å². The van der Waals surface area contributed by atoms with Gasteiger partial charge in [0.1, 0.15) is 0 Å². The van der Waals surface area contributed by atoms with Crippen molar-refractivity contribution in [2.24, 2.45) is 0 Å². The van der Waals surface area contributed by atoms with Gasteiger partial charge in [-0.15, -0.1) is 0 Å². The van der Waals surface area contributed by atoms with Crippen molar-refractivity contribution < 1.29 is 33.5 Å². The Bertz CT molecular complexity index is 456. The molecule has 9 heteroatoms. The van der Waals surface area contributed by atoms with E-state index >= 15 is 0 Å². The molecule has 3 N–H and O–H groups in total. The Kier molecular flexibility index (Phi) is 3.94. The number of pyridine rings is 1. The fourth-order valence-corrected chi connectivity index (χ4v) is 3.88. The van der Waals surface area contributed by atoms with E-state index in [1.54, 1.807) is 18.2 Å². The summed E-state index contributed by atoms with van der Waals surface area (Å²) in [4.78, 5) is 29.3. The standard InChI is InChI=1S/C8H13NO6P2/c1-16(11,12)8(10,17(13,14)15)7-9-5-3-2-4-6-9/h2-6,10H,7H2,1H3,(H2-,11,12,13,14,15). The number of hydrogen-bond donors (Lipinski definition) is 3. The lowest BCUT2D eigenvalue weighted by molar-refractivity contribution is -0.703. The molecule has 0 fully saturated rings. The summed E-state index contributed by atoms with van der Waals surface area (Å²) in [6, 6.07) is 4.74. The van der Waals surface area contributed by atoms with Crippen LogP contribution in [0.5, 0.6) is 0 Å². The maximum Gasteiger partial charge on any atom is 0.263 e. The Hall–Kier alpha value is -0.550. The van der Waals surface area contributed by atoms with Crippen molar-refractivity contribution in [3.05, 3.63) is 30.6 Å². The first-order valence-corrected chi connectivity index (χ1v) is 8.27. The molecule has 0 amide bonds. The highest BCUT2D eigenvalue weighted by atomic mass is 31.2. The van der Waals surface area contributed by atoms with Crippen LogP contribution in [0, 0.1) is 0 Å². The molecule has 1 rings (SSSR count). The van der Waals surface area contributed by atoms with Gasteiger partial charge in [-0.05, 0) is 0 Å². The van der Waals surface area contributed by atoms with Gasteiger partial charge in [0.25, 0.3) is 5.08 Å². The molecule has 7 nitrogen and oxygen atoms in total. The summed E-state index contributed by atoms with van der Waals surface area (Å²) in [5.74, 6) is 0. The van der Waals surface area contributed by atoms with Crippen molar-refractivity contribution >= 4 is 15.0 Å². The van der Waals surface area contributed by atoms with E-state index in [0.717, 1.165) is 0 Å². The van der Waals surface area contributed by atoms with E-state index < -0.39 is 26.6 Å². The van der Waals surface area contributed by atoms with Crippen molar-refractivity contribution in [3.8, 4) is 0 Å². The summed E-state index contributed by atoms with van der Waals surface area (Å²) in [5.41, 5.74) is 0. The maximum absolute atomic E-state index is 11.4. The molecule has 17 heavy (non-hydrogen) atoms. The Morgan fingerprint density at radius 3 is 2.06 bits per heavy atom. The number of rotatable bonds is 4. The predicted molar refractivity (Wildman–Crippen MR) is 57.2 cm³/mol. The van der Waals surface area contributed by atoms with E-state index in [-0.39, 0.29) is 0 Å². The largest absolute Gasteiger partial charge is 0.776 e. The van der Waals surface area contributed by atoms with Crippen LogP contribution in [-0.2, 0) is 15.7 Å². The molecule has 0 bridgehead atoms. The van der Waals surface area contributed by atoms with Crippen molar-refractivity contribution in [1.82, 2.24) is 0 Å². The summed E-state index contributed by atoms with van der Waals surface area (Å²) in [6.45, 7) is -0.0489. The molecule has 0 aromatic carbocycles. The fourth-order valence-electron chi connectivity index (χ4n) is 1.24. The number of nitrogens with zero attached hydrogens (tertiary/aromatic N) is 1. The Morgan fingerprint density at radius 1 is 1.24 bits per heavy atom. The SMILES string of the molecule is CP(=O)(O)C(O)(C[n+]1ccccc1)P(=O)([O-])O. The van der Waals surface area contributed by atoms with E-state index in [0.29, 0.717) is 6.66 Å². The van der Waals surface area contributed by atoms with Gasteiger partial charge in [-0.3, -0.25) is 4.57 Å². The highest BCUT2D eigenvalue weighted by molar-refractivity contribution is 7.74. The highest BCUT2D eigenvalue weighted by Crippen LogP contribution is 2.65. The van der Waals surface area contributed by atoms with Gasteiger partial charge in [-0.2, -0.15) is 0 Å². The van der Waals surface area contributed by atoms with E-state index in [1.807, 2.05) is 0 Å². The second-order valence-corrected chi connectivity index (χ2v) is 8.35. The zero-order chi connectivity index (χ0) is 13.3. The van der Waals surface area contributed by atoms with Crippen molar-refractivity contribution in [3.63, 3.8) is 0 Å². The quantitative estimate of drug-likeness (QED) is 0.484. The van der Waals surface area contributed by atoms with Gasteiger partial charge in [0.2, 0.25) is 7.37 Å². The molecule has 0 aliphatic rings. The predicted octanol–water partition coefficient (Wildman–Crippen LogP) is -0.934. The molecule has 0 aliphatic heterocycles. The van der Waals surface area contributed by atoms with Crippen LogP contribution in [0.2, 0.25) is 0 Å². The fraction of sp³-hybridized carbons (Fsp3) is 0.375. The van der Waals surface area contributed by atoms with Crippen LogP contribution in [0.25, 0.3) is 0 Å². The lowest BCUT2D eigenvalue weighted by atomic mass is 10.5. The van der Waals surface area contributed by atoms with Crippen LogP contribution < -0.4 is 9.46 Å². The van der Waals surface area contributed by atoms with Crippen LogP contribution in [0.4, 0.5) is 0 Å². The van der Waals surface area contributed by atoms with Gasteiger partial charge in [-0.25, -0.2) is 4.57 Å². The normalized spacial score (nSPS) is 22.2. The molecule has 0 spiro atoms. The van der Waals surface area contributed by atoms with Crippen molar-refractivity contribution in [2.75, 3.05) is 6.66 Å². The topological polar surface area (TPSA) is 122 Å². The molecular weight excluding hydrogens is 268 g/mol. The Balaban J connectivity index is 3.20. The zero-order valence-corrected chi connectivity index (χ0v) is 10.8. The summed E-state index contributed by atoms with van der Waals surface area (Å²) >= 11 is 0. The van der Waals surface area contributed by atoms with Crippen LogP contribution in [0.1, 0.15) is 0 Å². The molecule has 0 radical (unpaired) electrons. The third-order valence-electron chi connectivity index (χ3n) is 2.29. The maximum atomic E-state index is 11.4. The van der Waals surface area contributed by atoms with Gasteiger partial charge < -0.3 is 24.4 Å². The van der Waals surface area contributed by atoms with Crippen molar-refractivity contribution in [2.45, 2.75) is 11.6 Å². The number of aromatic nitrogens is 1. The second kappa shape index (κ2) is 4.61.